The van der Waals surface area contributed by atoms with Crippen LogP contribution in [0.1, 0.15) is 40.6 Å². The topological polar surface area (TPSA) is 89.1 Å². The highest BCUT2D eigenvalue weighted by Gasteiger charge is 2.43. The molecule has 1 aromatic carbocycles. The van der Waals surface area contributed by atoms with Crippen molar-refractivity contribution < 1.29 is 9.90 Å². The van der Waals surface area contributed by atoms with Gasteiger partial charge in [0.1, 0.15) is 12.7 Å². The highest BCUT2D eigenvalue weighted by molar-refractivity contribution is 5.94. The van der Waals surface area contributed by atoms with Gasteiger partial charge in [-0.25, -0.2) is 14.3 Å². The van der Waals surface area contributed by atoms with E-state index >= 15 is 0 Å². The number of carbonyl (C=O) groups excluding carboxylic acids is 1. The zero-order chi connectivity index (χ0) is 20.8. The van der Waals surface area contributed by atoms with Crippen LogP contribution in [0.4, 0.5) is 0 Å². The lowest BCUT2D eigenvalue weighted by Crippen LogP contribution is -2.36. The van der Waals surface area contributed by atoms with Gasteiger partial charge in [-0.1, -0.05) is 0 Å². The highest BCUT2D eigenvalue weighted by Crippen LogP contribution is 2.41. The number of nitrogens with zero attached hydrogens (tertiary/aromatic N) is 6. The number of benzene rings is 1. The number of fused-ring (bicyclic) bond motifs is 1. The van der Waals surface area contributed by atoms with Crippen LogP contribution >= 0.6 is 0 Å². The molecule has 1 aliphatic carbocycles. The predicted molar refractivity (Wildman–Crippen MR) is 110 cm³/mol. The van der Waals surface area contributed by atoms with Crippen LogP contribution < -0.4 is 0 Å². The van der Waals surface area contributed by atoms with E-state index in [0.717, 1.165) is 30.0 Å². The molecule has 3 aromatic rings. The van der Waals surface area contributed by atoms with Gasteiger partial charge in [-0.2, -0.15) is 10.2 Å². The molecule has 8 heteroatoms. The lowest BCUT2D eigenvalue weighted by Gasteiger charge is -2.34. The summed E-state index contributed by atoms with van der Waals surface area (Å²) < 4.78 is 3.64. The van der Waals surface area contributed by atoms with Crippen molar-refractivity contribution in [3.8, 4) is 5.69 Å². The van der Waals surface area contributed by atoms with Gasteiger partial charge in [0.25, 0.3) is 5.91 Å². The molecule has 0 spiro atoms. The summed E-state index contributed by atoms with van der Waals surface area (Å²) in [6.45, 7) is 5.41. The zero-order valence-corrected chi connectivity index (χ0v) is 17.2. The maximum atomic E-state index is 13.1. The summed E-state index contributed by atoms with van der Waals surface area (Å²) in [4.78, 5) is 19.1. The maximum Gasteiger partial charge on any atom is 0.253 e. The van der Waals surface area contributed by atoms with Crippen LogP contribution in [-0.4, -0.2) is 59.7 Å². The van der Waals surface area contributed by atoms with E-state index in [9.17, 15) is 9.90 Å². The van der Waals surface area contributed by atoms with E-state index in [1.54, 1.807) is 11.0 Å². The van der Waals surface area contributed by atoms with Crippen molar-refractivity contribution >= 4 is 5.91 Å². The Bertz CT molecular complexity index is 1040. The molecule has 1 aliphatic heterocycles. The number of rotatable bonds is 3. The summed E-state index contributed by atoms with van der Waals surface area (Å²) in [6, 6.07) is 9.61. The highest BCUT2D eigenvalue weighted by atomic mass is 16.3. The molecule has 1 saturated carbocycles. The first kappa shape index (κ1) is 19.0. The molecule has 2 fully saturated rings. The molecule has 0 unspecified atom stereocenters. The Morgan fingerprint density at radius 2 is 1.83 bits per heavy atom. The summed E-state index contributed by atoms with van der Waals surface area (Å²) in [6.07, 6.45) is 4.21. The molecule has 4 atom stereocenters. The van der Waals surface area contributed by atoms with Crippen molar-refractivity contribution in [3.05, 3.63) is 59.9 Å². The van der Waals surface area contributed by atoms with Gasteiger partial charge in [-0.15, -0.1) is 0 Å². The van der Waals surface area contributed by atoms with Gasteiger partial charge in [-0.3, -0.25) is 4.79 Å². The third-order valence-corrected chi connectivity index (χ3v) is 6.54. The number of amides is 1. The number of aryl methyl sites for hydroxylation is 2. The van der Waals surface area contributed by atoms with Gasteiger partial charge in [0.2, 0.25) is 0 Å². The number of likely N-dealkylation sites (tertiary alicyclic amines) is 1. The van der Waals surface area contributed by atoms with Gasteiger partial charge in [-0.05, 0) is 68.9 Å². The second-order valence-electron chi connectivity index (χ2n) is 8.60. The molecule has 1 saturated heterocycles. The second kappa shape index (κ2) is 7.36. The van der Waals surface area contributed by atoms with E-state index in [1.165, 1.54) is 6.33 Å². The standard InChI is InChI=1S/C22H26N6O2/c1-14-7-15(2)28(25-14)19-5-3-16(4-6-19)22(30)26-10-17-8-20(27-13-23-12-24-27)21(29)9-18(17)11-26/h3-7,12-13,17-18,20-21,29H,8-11H2,1-2H3/t17-,18+,20-,21-/m1/s1. The molecule has 156 valence electrons. The molecule has 5 rings (SSSR count). The molecule has 30 heavy (non-hydrogen) atoms. The van der Waals surface area contributed by atoms with Crippen LogP contribution in [0.5, 0.6) is 0 Å². The average Bonchev–Trinajstić information content (AvgIpc) is 3.46. The van der Waals surface area contributed by atoms with Crippen molar-refractivity contribution in [2.45, 2.75) is 38.8 Å². The Kier molecular flexibility index (Phi) is 4.66. The van der Waals surface area contributed by atoms with E-state index in [0.29, 0.717) is 30.4 Å². The van der Waals surface area contributed by atoms with Gasteiger partial charge in [0.05, 0.1) is 23.5 Å². The van der Waals surface area contributed by atoms with Crippen LogP contribution in [0, 0.1) is 25.7 Å². The molecule has 8 nitrogen and oxygen atoms in total. The van der Waals surface area contributed by atoms with Gasteiger partial charge in [0, 0.05) is 24.3 Å². The SMILES string of the molecule is Cc1cc(C)n(-c2ccc(C(=O)N3C[C@H]4C[C@@H](n5cncn5)[C@H](O)C[C@H]4C3)cc2)n1. The number of aliphatic hydroxyl groups excluding tert-OH is 1. The fourth-order valence-electron chi connectivity index (χ4n) is 5.06. The molecular formula is C22H26N6O2. The fourth-order valence-corrected chi connectivity index (χ4v) is 5.06. The Morgan fingerprint density at radius 1 is 1.10 bits per heavy atom. The first-order chi connectivity index (χ1) is 14.5. The Balaban J connectivity index is 1.29. The van der Waals surface area contributed by atoms with Gasteiger partial charge >= 0.3 is 0 Å². The summed E-state index contributed by atoms with van der Waals surface area (Å²) in [7, 11) is 0. The van der Waals surface area contributed by atoms with Crippen molar-refractivity contribution in [1.82, 2.24) is 29.4 Å². The normalized spacial score (nSPS) is 26.0. The van der Waals surface area contributed by atoms with E-state index < -0.39 is 6.10 Å². The predicted octanol–water partition coefficient (Wildman–Crippen LogP) is 2.16. The molecule has 3 heterocycles. The minimum atomic E-state index is -0.456. The van der Waals surface area contributed by atoms with Crippen LogP contribution in [0.25, 0.3) is 5.69 Å². The van der Waals surface area contributed by atoms with Gasteiger partial charge in [0.15, 0.2) is 0 Å². The third-order valence-electron chi connectivity index (χ3n) is 6.54. The van der Waals surface area contributed by atoms with Crippen LogP contribution in [0.2, 0.25) is 0 Å². The molecule has 0 radical (unpaired) electrons. The lowest BCUT2D eigenvalue weighted by atomic mass is 9.77. The van der Waals surface area contributed by atoms with Crippen molar-refractivity contribution in [2.24, 2.45) is 11.8 Å². The smallest absolute Gasteiger partial charge is 0.253 e. The fraction of sp³-hybridized carbons (Fsp3) is 0.455. The monoisotopic (exact) mass is 406 g/mol. The third kappa shape index (κ3) is 3.31. The van der Waals surface area contributed by atoms with Gasteiger partial charge < -0.3 is 10.0 Å². The van der Waals surface area contributed by atoms with E-state index in [-0.39, 0.29) is 11.9 Å². The van der Waals surface area contributed by atoms with Crippen LogP contribution in [0.3, 0.4) is 0 Å². The Labute approximate surface area is 175 Å². The molecular weight excluding hydrogens is 380 g/mol. The molecule has 1 amide bonds. The maximum absolute atomic E-state index is 13.1. The van der Waals surface area contributed by atoms with E-state index in [1.807, 2.05) is 53.8 Å². The largest absolute Gasteiger partial charge is 0.391 e. The lowest BCUT2D eigenvalue weighted by molar-refractivity contribution is 0.0304. The number of hydrogen-bond acceptors (Lipinski definition) is 5. The van der Waals surface area contributed by atoms with Crippen molar-refractivity contribution in [2.75, 3.05) is 13.1 Å². The van der Waals surface area contributed by atoms with Crippen LogP contribution in [-0.2, 0) is 0 Å². The summed E-state index contributed by atoms with van der Waals surface area (Å²) in [5.74, 6) is 0.759. The number of aromatic nitrogens is 5. The van der Waals surface area contributed by atoms with E-state index in [2.05, 4.69) is 15.2 Å². The number of hydrogen-bond donors (Lipinski definition) is 1. The average molecular weight is 406 g/mol. The molecule has 2 aromatic heterocycles. The number of aliphatic hydroxyl groups is 1. The summed E-state index contributed by atoms with van der Waals surface area (Å²) >= 11 is 0. The first-order valence-electron chi connectivity index (χ1n) is 10.4. The second-order valence-corrected chi connectivity index (χ2v) is 8.60. The quantitative estimate of drug-likeness (QED) is 0.720. The summed E-state index contributed by atoms with van der Waals surface area (Å²) in [5.41, 5.74) is 3.67. The molecule has 1 N–H and O–H groups in total. The Morgan fingerprint density at radius 3 is 2.47 bits per heavy atom. The molecule has 0 bridgehead atoms. The minimum Gasteiger partial charge on any atom is -0.391 e. The Hall–Kier alpha value is -3.00. The molecule has 2 aliphatic rings. The first-order valence-corrected chi connectivity index (χ1v) is 10.4. The summed E-state index contributed by atoms with van der Waals surface area (Å²) in [5, 5.41) is 19.3. The van der Waals surface area contributed by atoms with Crippen molar-refractivity contribution in [1.29, 1.82) is 0 Å². The van der Waals surface area contributed by atoms with Crippen LogP contribution in [0.15, 0.2) is 43.0 Å². The zero-order valence-electron chi connectivity index (χ0n) is 17.2. The minimum absolute atomic E-state index is 0.0520. The number of carbonyl (C=O) groups is 1. The van der Waals surface area contributed by atoms with E-state index in [4.69, 9.17) is 0 Å². The van der Waals surface area contributed by atoms with Crippen molar-refractivity contribution in [3.63, 3.8) is 0 Å².